The molecule has 0 aliphatic heterocycles. The molecule has 0 fully saturated rings. The van der Waals surface area contributed by atoms with Gasteiger partial charge in [0.25, 0.3) is 0 Å². The fourth-order valence-corrected chi connectivity index (χ4v) is 2.24. The summed E-state index contributed by atoms with van der Waals surface area (Å²) in [6.07, 6.45) is 1.67. The van der Waals surface area contributed by atoms with Gasteiger partial charge >= 0.3 is 0 Å². The van der Waals surface area contributed by atoms with Crippen molar-refractivity contribution in [2.45, 2.75) is 6.54 Å². The van der Waals surface area contributed by atoms with Gasteiger partial charge in [-0.1, -0.05) is 16.8 Å². The molecule has 0 atom stereocenters. The van der Waals surface area contributed by atoms with E-state index in [0.717, 1.165) is 0 Å². The van der Waals surface area contributed by atoms with E-state index in [1.807, 2.05) is 4.57 Å². The zero-order chi connectivity index (χ0) is 14.1. The lowest BCUT2D eigenvalue weighted by Crippen LogP contribution is -2.10. The Kier molecular flexibility index (Phi) is 3.11. The molecular formula is C12H10ClN5O2. The van der Waals surface area contributed by atoms with Gasteiger partial charge in [-0.05, 0) is 12.1 Å². The quantitative estimate of drug-likeness (QED) is 0.784. The molecule has 3 aromatic rings. The van der Waals surface area contributed by atoms with Gasteiger partial charge < -0.3 is 9.30 Å². The van der Waals surface area contributed by atoms with Crippen LogP contribution in [0.5, 0.6) is 5.75 Å². The zero-order valence-corrected chi connectivity index (χ0v) is 11.3. The van der Waals surface area contributed by atoms with E-state index in [9.17, 15) is 4.79 Å². The molecule has 0 bridgehead atoms. The second kappa shape index (κ2) is 4.93. The van der Waals surface area contributed by atoms with Gasteiger partial charge in [-0.3, -0.25) is 4.79 Å². The summed E-state index contributed by atoms with van der Waals surface area (Å²) >= 11 is 6.12. The Bertz CT molecular complexity index is 813. The Hall–Kier alpha value is -2.41. The molecule has 20 heavy (non-hydrogen) atoms. The number of benzene rings is 1. The molecule has 2 heterocycles. The molecule has 2 aromatic heterocycles. The monoisotopic (exact) mass is 291 g/mol. The number of tetrazole rings is 1. The van der Waals surface area contributed by atoms with Crippen LogP contribution in [-0.2, 0) is 6.54 Å². The van der Waals surface area contributed by atoms with Crippen LogP contribution < -0.4 is 10.2 Å². The van der Waals surface area contributed by atoms with Gasteiger partial charge in [-0.2, -0.15) is 5.21 Å². The third-order valence-electron chi connectivity index (χ3n) is 2.95. The number of methoxy groups -OCH3 is 1. The van der Waals surface area contributed by atoms with E-state index < -0.39 is 0 Å². The molecule has 0 radical (unpaired) electrons. The van der Waals surface area contributed by atoms with Gasteiger partial charge in [-0.25, -0.2) is 0 Å². The summed E-state index contributed by atoms with van der Waals surface area (Å²) in [6, 6.07) is 4.81. The number of pyridine rings is 1. The third kappa shape index (κ3) is 2.12. The highest BCUT2D eigenvalue weighted by Crippen LogP contribution is 2.28. The van der Waals surface area contributed by atoms with Crippen molar-refractivity contribution in [1.29, 1.82) is 0 Å². The lowest BCUT2D eigenvalue weighted by atomic mass is 10.2. The van der Waals surface area contributed by atoms with Crippen LogP contribution in [0, 0.1) is 0 Å². The molecule has 0 saturated carbocycles. The number of halogens is 1. The molecular weight excluding hydrogens is 282 g/mol. The second-order valence-corrected chi connectivity index (χ2v) is 4.55. The summed E-state index contributed by atoms with van der Waals surface area (Å²) in [5, 5.41) is 14.6. The van der Waals surface area contributed by atoms with Crippen molar-refractivity contribution in [2.24, 2.45) is 0 Å². The van der Waals surface area contributed by atoms with Gasteiger partial charge in [0.05, 0.1) is 24.2 Å². The highest BCUT2D eigenvalue weighted by atomic mass is 35.5. The van der Waals surface area contributed by atoms with E-state index in [1.165, 1.54) is 13.2 Å². The average molecular weight is 292 g/mol. The minimum absolute atomic E-state index is 0.0978. The number of aromatic nitrogens is 5. The third-order valence-corrected chi connectivity index (χ3v) is 3.25. The van der Waals surface area contributed by atoms with E-state index in [-0.39, 0.29) is 5.43 Å². The first-order valence-electron chi connectivity index (χ1n) is 5.78. The van der Waals surface area contributed by atoms with Crippen LogP contribution >= 0.6 is 11.6 Å². The van der Waals surface area contributed by atoms with Crippen LogP contribution in [0.3, 0.4) is 0 Å². The van der Waals surface area contributed by atoms with Gasteiger partial charge in [0, 0.05) is 17.6 Å². The first-order valence-corrected chi connectivity index (χ1v) is 6.16. The van der Waals surface area contributed by atoms with Crippen LogP contribution in [0.25, 0.3) is 10.9 Å². The summed E-state index contributed by atoms with van der Waals surface area (Å²) < 4.78 is 6.96. The highest BCUT2D eigenvalue weighted by molar-refractivity contribution is 6.32. The number of hydrogen-bond donors (Lipinski definition) is 1. The maximum atomic E-state index is 12.0. The standard InChI is InChI=1S/C12H10ClN5O2/c1-20-11-4-7-9(5-8(11)13)18(3-2-10(7)19)6-12-14-16-17-15-12/h2-5H,6H2,1H3,(H,14,15,16,17). The Morgan fingerprint density at radius 3 is 3.00 bits per heavy atom. The minimum atomic E-state index is -0.0978. The molecule has 3 rings (SSSR count). The van der Waals surface area contributed by atoms with Gasteiger partial charge in [0.2, 0.25) is 0 Å². The normalized spacial score (nSPS) is 10.9. The number of ether oxygens (including phenoxy) is 1. The number of hydrogen-bond acceptors (Lipinski definition) is 5. The van der Waals surface area contributed by atoms with Crippen LogP contribution in [0.4, 0.5) is 0 Å². The maximum absolute atomic E-state index is 12.0. The van der Waals surface area contributed by atoms with Crippen LogP contribution in [0.2, 0.25) is 5.02 Å². The lowest BCUT2D eigenvalue weighted by Gasteiger charge is -2.10. The Morgan fingerprint density at radius 1 is 1.45 bits per heavy atom. The molecule has 0 unspecified atom stereocenters. The van der Waals surface area contributed by atoms with E-state index in [4.69, 9.17) is 16.3 Å². The first-order chi connectivity index (χ1) is 9.69. The molecule has 102 valence electrons. The molecule has 8 heteroatoms. The second-order valence-electron chi connectivity index (χ2n) is 4.14. The summed E-state index contributed by atoms with van der Waals surface area (Å²) in [7, 11) is 1.51. The van der Waals surface area contributed by atoms with Crippen molar-refractivity contribution in [1.82, 2.24) is 25.2 Å². The summed E-state index contributed by atoms with van der Waals surface area (Å²) in [5.41, 5.74) is 0.590. The van der Waals surface area contributed by atoms with Crippen LogP contribution in [0.15, 0.2) is 29.2 Å². The minimum Gasteiger partial charge on any atom is -0.495 e. The molecule has 0 aliphatic carbocycles. The van der Waals surface area contributed by atoms with E-state index in [1.54, 1.807) is 18.3 Å². The van der Waals surface area contributed by atoms with Crippen molar-refractivity contribution in [3.05, 3.63) is 45.5 Å². The number of rotatable bonds is 3. The number of H-pyrrole nitrogens is 1. The fourth-order valence-electron chi connectivity index (χ4n) is 2.00. The topological polar surface area (TPSA) is 85.7 Å². The van der Waals surface area contributed by atoms with Crippen molar-refractivity contribution < 1.29 is 4.74 Å². The molecule has 0 saturated heterocycles. The Labute approximate surface area is 118 Å². The number of aromatic amines is 1. The SMILES string of the molecule is COc1cc2c(=O)ccn(Cc3nn[nH]n3)c2cc1Cl. The average Bonchev–Trinajstić information content (AvgIpc) is 2.94. The zero-order valence-electron chi connectivity index (χ0n) is 10.5. The van der Waals surface area contributed by atoms with Crippen molar-refractivity contribution in [2.75, 3.05) is 7.11 Å². The number of nitrogens with one attached hydrogen (secondary N) is 1. The van der Waals surface area contributed by atoms with Crippen molar-refractivity contribution >= 4 is 22.5 Å². The van der Waals surface area contributed by atoms with Crippen LogP contribution in [0.1, 0.15) is 5.82 Å². The van der Waals surface area contributed by atoms with Crippen molar-refractivity contribution in [3.63, 3.8) is 0 Å². The maximum Gasteiger partial charge on any atom is 0.194 e. The van der Waals surface area contributed by atoms with Gasteiger partial charge in [-0.15, -0.1) is 10.2 Å². The molecule has 0 spiro atoms. The van der Waals surface area contributed by atoms with E-state index in [2.05, 4.69) is 20.6 Å². The first kappa shape index (κ1) is 12.6. The van der Waals surface area contributed by atoms with Crippen molar-refractivity contribution in [3.8, 4) is 5.75 Å². The highest BCUT2D eigenvalue weighted by Gasteiger charge is 2.10. The largest absolute Gasteiger partial charge is 0.495 e. The van der Waals surface area contributed by atoms with Gasteiger partial charge in [0.15, 0.2) is 11.3 Å². The lowest BCUT2D eigenvalue weighted by molar-refractivity contribution is 0.415. The summed E-state index contributed by atoms with van der Waals surface area (Å²) in [5.74, 6) is 0.982. The fraction of sp³-hybridized carbons (Fsp3) is 0.167. The predicted molar refractivity (Wildman–Crippen MR) is 73.0 cm³/mol. The van der Waals surface area contributed by atoms with Crippen LogP contribution in [-0.4, -0.2) is 32.3 Å². The Balaban J connectivity index is 2.21. The number of fused-ring (bicyclic) bond motifs is 1. The number of nitrogens with zero attached hydrogens (tertiary/aromatic N) is 4. The van der Waals surface area contributed by atoms with E-state index >= 15 is 0 Å². The molecule has 0 aliphatic rings. The molecule has 7 nitrogen and oxygen atoms in total. The summed E-state index contributed by atoms with van der Waals surface area (Å²) in [4.78, 5) is 12.0. The predicted octanol–water partition coefficient (Wildman–Crippen LogP) is 1.22. The molecule has 1 N–H and O–H groups in total. The summed E-state index contributed by atoms with van der Waals surface area (Å²) in [6.45, 7) is 0.385. The smallest absolute Gasteiger partial charge is 0.194 e. The molecule has 0 amide bonds. The van der Waals surface area contributed by atoms with E-state index in [0.29, 0.717) is 34.0 Å². The Morgan fingerprint density at radius 2 is 2.30 bits per heavy atom. The molecule has 1 aromatic carbocycles. The van der Waals surface area contributed by atoms with Gasteiger partial charge in [0.1, 0.15) is 5.75 Å².